The zero-order valence-corrected chi connectivity index (χ0v) is 10.9. The Kier molecular flexibility index (Phi) is 5.92. The number of nitrogens with two attached hydrogens (primary N) is 1. The van der Waals surface area contributed by atoms with E-state index in [1.165, 1.54) is 5.56 Å². The summed E-state index contributed by atoms with van der Waals surface area (Å²) in [5, 5.41) is 0. The first-order chi connectivity index (χ1) is 8.17. The van der Waals surface area contributed by atoms with Crippen LogP contribution in [-0.4, -0.2) is 12.3 Å². The summed E-state index contributed by atoms with van der Waals surface area (Å²) in [6.45, 7) is 4.98. The first-order valence-electron chi connectivity index (χ1n) is 6.49. The van der Waals surface area contributed by atoms with Crippen LogP contribution < -0.4 is 5.73 Å². The molecule has 2 nitrogen and oxygen atoms in total. The minimum absolute atomic E-state index is 0.247. The molecule has 0 spiro atoms. The number of rotatable bonds is 7. The van der Waals surface area contributed by atoms with Gasteiger partial charge in [-0.2, -0.15) is 0 Å². The Balaban J connectivity index is 2.46. The number of hydrogen-bond acceptors (Lipinski definition) is 2. The van der Waals surface area contributed by atoms with Gasteiger partial charge in [0.1, 0.15) is 0 Å². The standard InChI is InChI=1S/C15H23NO/c1-3-13-5-7-14(8-6-13)15(17)9-4-12(2)10-11-16/h5-8,12H,3-4,9-11,16H2,1-2H3. The average Bonchev–Trinajstić information content (AvgIpc) is 2.36. The van der Waals surface area contributed by atoms with Crippen molar-refractivity contribution in [1.29, 1.82) is 0 Å². The number of carbonyl (C=O) groups excluding carboxylic acids is 1. The first-order valence-corrected chi connectivity index (χ1v) is 6.49. The van der Waals surface area contributed by atoms with E-state index in [1.807, 2.05) is 24.3 Å². The van der Waals surface area contributed by atoms with Crippen molar-refractivity contribution in [3.8, 4) is 0 Å². The highest BCUT2D eigenvalue weighted by Crippen LogP contribution is 2.13. The molecule has 0 aliphatic carbocycles. The lowest BCUT2D eigenvalue weighted by Gasteiger charge is -2.09. The number of benzene rings is 1. The predicted molar refractivity (Wildman–Crippen MR) is 72.2 cm³/mol. The van der Waals surface area contributed by atoms with Gasteiger partial charge < -0.3 is 5.73 Å². The summed E-state index contributed by atoms with van der Waals surface area (Å²) in [6, 6.07) is 7.95. The summed E-state index contributed by atoms with van der Waals surface area (Å²) in [4.78, 5) is 11.9. The molecule has 2 N–H and O–H groups in total. The van der Waals surface area contributed by atoms with Crippen LogP contribution in [0.2, 0.25) is 0 Å². The van der Waals surface area contributed by atoms with Gasteiger partial charge in [0, 0.05) is 12.0 Å². The molecule has 1 aromatic carbocycles. The molecule has 17 heavy (non-hydrogen) atoms. The molecule has 1 unspecified atom stereocenters. The van der Waals surface area contributed by atoms with Crippen LogP contribution in [0.25, 0.3) is 0 Å². The average molecular weight is 233 g/mol. The number of aryl methyl sites for hydroxylation is 1. The maximum atomic E-state index is 11.9. The molecule has 0 radical (unpaired) electrons. The zero-order valence-electron chi connectivity index (χ0n) is 10.9. The third kappa shape index (κ3) is 4.70. The summed E-state index contributed by atoms with van der Waals surface area (Å²) in [7, 11) is 0. The Labute approximate surface area is 104 Å². The van der Waals surface area contributed by atoms with Crippen LogP contribution in [0.4, 0.5) is 0 Å². The number of Topliss-reactive ketones (excluding diaryl/α,β-unsaturated/α-hetero) is 1. The maximum absolute atomic E-state index is 11.9. The van der Waals surface area contributed by atoms with Gasteiger partial charge in [0.05, 0.1) is 0 Å². The molecule has 0 aliphatic rings. The molecular formula is C15H23NO. The maximum Gasteiger partial charge on any atom is 0.162 e. The van der Waals surface area contributed by atoms with Gasteiger partial charge in [0.25, 0.3) is 0 Å². The number of carbonyl (C=O) groups is 1. The van der Waals surface area contributed by atoms with E-state index in [-0.39, 0.29) is 5.78 Å². The second-order valence-electron chi connectivity index (χ2n) is 4.69. The molecule has 94 valence electrons. The van der Waals surface area contributed by atoms with Gasteiger partial charge in [-0.3, -0.25) is 4.79 Å². The van der Waals surface area contributed by atoms with Gasteiger partial charge in [0.2, 0.25) is 0 Å². The Bertz CT molecular complexity index is 342. The normalized spacial score (nSPS) is 12.4. The fourth-order valence-corrected chi connectivity index (χ4v) is 1.88. The van der Waals surface area contributed by atoms with Gasteiger partial charge in [0.15, 0.2) is 5.78 Å². The van der Waals surface area contributed by atoms with Crippen molar-refractivity contribution in [3.63, 3.8) is 0 Å². The molecule has 0 aromatic heterocycles. The second kappa shape index (κ2) is 7.23. The monoisotopic (exact) mass is 233 g/mol. The van der Waals surface area contributed by atoms with Gasteiger partial charge in [-0.25, -0.2) is 0 Å². The highest BCUT2D eigenvalue weighted by molar-refractivity contribution is 5.96. The summed E-state index contributed by atoms with van der Waals surface area (Å²) in [6.07, 6.45) is 3.59. The SMILES string of the molecule is CCc1ccc(C(=O)CCC(C)CCN)cc1. The summed E-state index contributed by atoms with van der Waals surface area (Å²) >= 11 is 0. The van der Waals surface area contributed by atoms with Crippen LogP contribution in [0.3, 0.4) is 0 Å². The van der Waals surface area contributed by atoms with E-state index >= 15 is 0 Å². The van der Waals surface area contributed by atoms with Crippen LogP contribution in [0.5, 0.6) is 0 Å². The van der Waals surface area contributed by atoms with Gasteiger partial charge in [-0.1, -0.05) is 38.1 Å². The molecule has 1 rings (SSSR count). The molecule has 0 bridgehead atoms. The fourth-order valence-electron chi connectivity index (χ4n) is 1.88. The van der Waals surface area contributed by atoms with E-state index < -0.39 is 0 Å². The van der Waals surface area contributed by atoms with Crippen molar-refractivity contribution in [2.45, 2.75) is 39.5 Å². The van der Waals surface area contributed by atoms with Gasteiger partial charge >= 0.3 is 0 Å². The van der Waals surface area contributed by atoms with Crippen LogP contribution >= 0.6 is 0 Å². The molecule has 0 aliphatic heterocycles. The molecule has 2 heteroatoms. The van der Waals surface area contributed by atoms with E-state index in [0.29, 0.717) is 18.9 Å². The molecule has 0 fully saturated rings. The van der Waals surface area contributed by atoms with E-state index in [4.69, 9.17) is 5.73 Å². The van der Waals surface area contributed by atoms with Crippen molar-refractivity contribution in [3.05, 3.63) is 35.4 Å². The van der Waals surface area contributed by atoms with E-state index in [9.17, 15) is 4.79 Å². The number of hydrogen-bond donors (Lipinski definition) is 1. The summed E-state index contributed by atoms with van der Waals surface area (Å²) in [5.41, 5.74) is 7.61. The molecule has 0 saturated carbocycles. The Hall–Kier alpha value is -1.15. The lowest BCUT2D eigenvalue weighted by Crippen LogP contribution is -2.08. The Morgan fingerprint density at radius 2 is 1.88 bits per heavy atom. The third-order valence-corrected chi connectivity index (χ3v) is 3.21. The summed E-state index contributed by atoms with van der Waals surface area (Å²) in [5.74, 6) is 0.787. The zero-order chi connectivity index (χ0) is 12.7. The highest BCUT2D eigenvalue weighted by atomic mass is 16.1. The van der Waals surface area contributed by atoms with Crippen molar-refractivity contribution in [1.82, 2.24) is 0 Å². The van der Waals surface area contributed by atoms with Crippen molar-refractivity contribution >= 4 is 5.78 Å². The molecule has 1 atom stereocenters. The van der Waals surface area contributed by atoms with Gasteiger partial charge in [-0.15, -0.1) is 0 Å². The predicted octanol–water partition coefficient (Wildman–Crippen LogP) is 3.20. The molecule has 0 amide bonds. The molecule has 1 aromatic rings. The second-order valence-corrected chi connectivity index (χ2v) is 4.69. The lowest BCUT2D eigenvalue weighted by atomic mass is 9.97. The first kappa shape index (κ1) is 13.9. The molecule has 0 heterocycles. The lowest BCUT2D eigenvalue weighted by molar-refractivity contribution is 0.0974. The van der Waals surface area contributed by atoms with Crippen molar-refractivity contribution < 1.29 is 4.79 Å². The number of ketones is 1. The van der Waals surface area contributed by atoms with Crippen LogP contribution in [0, 0.1) is 5.92 Å². The van der Waals surface area contributed by atoms with Crippen molar-refractivity contribution in [2.75, 3.05) is 6.54 Å². The molecule has 0 saturated heterocycles. The Morgan fingerprint density at radius 3 is 2.41 bits per heavy atom. The van der Waals surface area contributed by atoms with E-state index in [0.717, 1.165) is 24.8 Å². The minimum Gasteiger partial charge on any atom is -0.330 e. The van der Waals surface area contributed by atoms with Crippen LogP contribution in [0.15, 0.2) is 24.3 Å². The van der Waals surface area contributed by atoms with Crippen LogP contribution in [0.1, 0.15) is 49.0 Å². The summed E-state index contributed by atoms with van der Waals surface area (Å²) < 4.78 is 0. The van der Waals surface area contributed by atoms with E-state index in [1.54, 1.807) is 0 Å². The largest absolute Gasteiger partial charge is 0.330 e. The third-order valence-electron chi connectivity index (χ3n) is 3.21. The quantitative estimate of drug-likeness (QED) is 0.735. The van der Waals surface area contributed by atoms with E-state index in [2.05, 4.69) is 13.8 Å². The topological polar surface area (TPSA) is 43.1 Å². The highest BCUT2D eigenvalue weighted by Gasteiger charge is 2.08. The van der Waals surface area contributed by atoms with Crippen molar-refractivity contribution in [2.24, 2.45) is 11.7 Å². The van der Waals surface area contributed by atoms with Gasteiger partial charge in [-0.05, 0) is 37.3 Å². The smallest absolute Gasteiger partial charge is 0.162 e. The van der Waals surface area contributed by atoms with Crippen LogP contribution in [-0.2, 0) is 6.42 Å². The Morgan fingerprint density at radius 1 is 1.24 bits per heavy atom. The molecular weight excluding hydrogens is 210 g/mol. The minimum atomic E-state index is 0.247. The fraction of sp³-hybridized carbons (Fsp3) is 0.533.